The summed E-state index contributed by atoms with van der Waals surface area (Å²) in [5, 5.41) is 0. The lowest BCUT2D eigenvalue weighted by atomic mass is 9.92. The molecule has 0 saturated heterocycles. The molecule has 21 heavy (non-hydrogen) atoms. The Hall–Kier alpha value is -1.81. The predicted molar refractivity (Wildman–Crippen MR) is 78.0 cm³/mol. The second-order valence-electron chi connectivity index (χ2n) is 5.31. The van der Waals surface area contributed by atoms with Gasteiger partial charge in [-0.25, -0.2) is 0 Å². The second-order valence-corrected chi connectivity index (χ2v) is 5.31. The van der Waals surface area contributed by atoms with E-state index < -0.39 is 11.7 Å². The number of rotatable bonds is 3. The zero-order chi connectivity index (χ0) is 15.6. The third-order valence-electron chi connectivity index (χ3n) is 3.62. The van der Waals surface area contributed by atoms with Crippen molar-refractivity contribution in [2.24, 2.45) is 5.73 Å². The van der Waals surface area contributed by atoms with Crippen molar-refractivity contribution >= 4 is 0 Å². The van der Waals surface area contributed by atoms with Gasteiger partial charge in [-0.2, -0.15) is 13.2 Å². The molecule has 0 radical (unpaired) electrons. The van der Waals surface area contributed by atoms with Crippen LogP contribution in [0.5, 0.6) is 0 Å². The van der Waals surface area contributed by atoms with Crippen LogP contribution in [0.4, 0.5) is 13.2 Å². The van der Waals surface area contributed by atoms with Crippen LogP contribution in [0.15, 0.2) is 42.5 Å². The molecular formula is C17H18F3N. The van der Waals surface area contributed by atoms with Gasteiger partial charge in [-0.05, 0) is 48.6 Å². The standard InChI is InChI=1S/C17H18F3N/c1-11-5-3-6-12(2)16(11)15(21)10-13-7-4-8-14(9-13)17(18,19)20/h3-9,15H,10,21H2,1-2H3. The summed E-state index contributed by atoms with van der Waals surface area (Å²) in [4.78, 5) is 0. The maximum Gasteiger partial charge on any atom is 0.416 e. The van der Waals surface area contributed by atoms with Gasteiger partial charge < -0.3 is 5.73 Å². The molecule has 0 aliphatic carbocycles. The third kappa shape index (κ3) is 3.64. The lowest BCUT2D eigenvalue weighted by Gasteiger charge is -2.18. The topological polar surface area (TPSA) is 26.0 Å². The molecule has 112 valence electrons. The molecule has 0 amide bonds. The first-order valence-corrected chi connectivity index (χ1v) is 6.77. The second kappa shape index (κ2) is 5.90. The molecule has 0 spiro atoms. The molecule has 2 aromatic rings. The molecule has 0 aromatic heterocycles. The largest absolute Gasteiger partial charge is 0.416 e. The average Bonchev–Trinajstić information content (AvgIpc) is 2.37. The van der Waals surface area contributed by atoms with E-state index in [0.717, 1.165) is 22.8 Å². The van der Waals surface area contributed by atoms with Crippen molar-refractivity contribution in [3.8, 4) is 0 Å². The zero-order valence-corrected chi connectivity index (χ0v) is 12.0. The Kier molecular flexibility index (Phi) is 4.37. The highest BCUT2D eigenvalue weighted by molar-refractivity contribution is 5.37. The van der Waals surface area contributed by atoms with Gasteiger partial charge >= 0.3 is 6.18 Å². The van der Waals surface area contributed by atoms with Crippen LogP contribution >= 0.6 is 0 Å². The van der Waals surface area contributed by atoms with Crippen LogP contribution < -0.4 is 5.73 Å². The molecule has 0 bridgehead atoms. The van der Waals surface area contributed by atoms with Crippen LogP contribution in [-0.2, 0) is 12.6 Å². The smallest absolute Gasteiger partial charge is 0.324 e. The molecule has 0 fully saturated rings. The van der Waals surface area contributed by atoms with E-state index in [9.17, 15) is 13.2 Å². The first kappa shape index (κ1) is 15.6. The van der Waals surface area contributed by atoms with Crippen LogP contribution in [0.2, 0.25) is 0 Å². The zero-order valence-electron chi connectivity index (χ0n) is 12.0. The average molecular weight is 293 g/mol. The van der Waals surface area contributed by atoms with Crippen molar-refractivity contribution < 1.29 is 13.2 Å². The maximum atomic E-state index is 12.7. The monoisotopic (exact) mass is 293 g/mol. The van der Waals surface area contributed by atoms with Crippen molar-refractivity contribution in [3.05, 3.63) is 70.3 Å². The molecule has 1 nitrogen and oxygen atoms in total. The fourth-order valence-electron chi connectivity index (χ4n) is 2.64. The summed E-state index contributed by atoms with van der Waals surface area (Å²) in [5.74, 6) is 0. The molecule has 1 unspecified atom stereocenters. The van der Waals surface area contributed by atoms with Crippen LogP contribution in [0.3, 0.4) is 0 Å². The van der Waals surface area contributed by atoms with E-state index in [1.807, 2.05) is 32.0 Å². The Morgan fingerprint density at radius 1 is 1.00 bits per heavy atom. The van der Waals surface area contributed by atoms with Crippen LogP contribution in [0.1, 0.15) is 33.9 Å². The molecule has 2 aromatic carbocycles. The van der Waals surface area contributed by atoms with Gasteiger partial charge in [0.2, 0.25) is 0 Å². The summed E-state index contributed by atoms with van der Waals surface area (Å²) in [6.07, 6.45) is -3.94. The summed E-state index contributed by atoms with van der Waals surface area (Å²) < 4.78 is 38.2. The van der Waals surface area contributed by atoms with Crippen LogP contribution in [-0.4, -0.2) is 0 Å². The molecule has 4 heteroatoms. The lowest BCUT2D eigenvalue weighted by molar-refractivity contribution is -0.137. The highest BCUT2D eigenvalue weighted by atomic mass is 19.4. The molecule has 2 rings (SSSR count). The number of aryl methyl sites for hydroxylation is 2. The minimum absolute atomic E-state index is 0.310. The highest BCUT2D eigenvalue weighted by Gasteiger charge is 2.30. The predicted octanol–water partition coefficient (Wildman–Crippen LogP) is 4.56. The normalized spacial score (nSPS) is 13.2. The SMILES string of the molecule is Cc1cccc(C)c1C(N)Cc1cccc(C(F)(F)F)c1. The summed E-state index contributed by atoms with van der Waals surface area (Å²) in [5.41, 5.74) is 9.31. The third-order valence-corrected chi connectivity index (χ3v) is 3.62. The van der Waals surface area contributed by atoms with Crippen LogP contribution in [0.25, 0.3) is 0 Å². The molecule has 0 aliphatic heterocycles. The molecule has 0 saturated carbocycles. The first-order chi connectivity index (χ1) is 9.79. The Labute approximate surface area is 122 Å². The number of alkyl halides is 3. The quantitative estimate of drug-likeness (QED) is 0.881. The number of hydrogen-bond donors (Lipinski definition) is 1. The van der Waals surface area contributed by atoms with E-state index in [-0.39, 0.29) is 6.04 Å². The van der Waals surface area contributed by atoms with Gasteiger partial charge in [0, 0.05) is 6.04 Å². The van der Waals surface area contributed by atoms with Gasteiger partial charge in [-0.1, -0.05) is 36.4 Å². The number of nitrogens with two attached hydrogens (primary N) is 1. The summed E-state index contributed by atoms with van der Waals surface area (Å²) >= 11 is 0. The van der Waals surface area contributed by atoms with E-state index in [1.165, 1.54) is 12.1 Å². The Bertz CT molecular complexity index is 612. The van der Waals surface area contributed by atoms with Crippen molar-refractivity contribution in [1.82, 2.24) is 0 Å². The van der Waals surface area contributed by atoms with Gasteiger partial charge in [-0.15, -0.1) is 0 Å². The number of hydrogen-bond acceptors (Lipinski definition) is 1. The summed E-state index contributed by atoms with van der Waals surface area (Å²) in [6, 6.07) is 10.9. The Balaban J connectivity index is 2.26. The summed E-state index contributed by atoms with van der Waals surface area (Å²) in [7, 11) is 0. The van der Waals surface area contributed by atoms with E-state index >= 15 is 0 Å². The Morgan fingerprint density at radius 3 is 2.14 bits per heavy atom. The Morgan fingerprint density at radius 2 is 1.57 bits per heavy atom. The molecule has 1 atom stereocenters. The number of halogens is 3. The summed E-state index contributed by atoms with van der Waals surface area (Å²) in [6.45, 7) is 3.93. The highest BCUT2D eigenvalue weighted by Crippen LogP contribution is 2.30. The van der Waals surface area contributed by atoms with Crippen molar-refractivity contribution in [3.63, 3.8) is 0 Å². The minimum Gasteiger partial charge on any atom is -0.324 e. The van der Waals surface area contributed by atoms with Crippen molar-refractivity contribution in [1.29, 1.82) is 0 Å². The van der Waals surface area contributed by atoms with E-state index in [1.54, 1.807) is 6.07 Å². The maximum absolute atomic E-state index is 12.7. The van der Waals surface area contributed by atoms with E-state index in [2.05, 4.69) is 0 Å². The van der Waals surface area contributed by atoms with Gasteiger partial charge in [0.25, 0.3) is 0 Å². The van der Waals surface area contributed by atoms with E-state index in [0.29, 0.717) is 12.0 Å². The van der Waals surface area contributed by atoms with Crippen LogP contribution in [0, 0.1) is 13.8 Å². The molecule has 0 heterocycles. The van der Waals surface area contributed by atoms with Gasteiger partial charge in [-0.3, -0.25) is 0 Å². The lowest BCUT2D eigenvalue weighted by Crippen LogP contribution is -2.16. The number of benzene rings is 2. The van der Waals surface area contributed by atoms with E-state index in [4.69, 9.17) is 5.73 Å². The van der Waals surface area contributed by atoms with Gasteiger partial charge in [0.15, 0.2) is 0 Å². The van der Waals surface area contributed by atoms with Crippen molar-refractivity contribution in [2.75, 3.05) is 0 Å². The van der Waals surface area contributed by atoms with Crippen molar-refractivity contribution in [2.45, 2.75) is 32.5 Å². The first-order valence-electron chi connectivity index (χ1n) is 6.77. The van der Waals surface area contributed by atoms with Gasteiger partial charge in [0.05, 0.1) is 5.56 Å². The fourth-order valence-corrected chi connectivity index (χ4v) is 2.64. The fraction of sp³-hybridized carbons (Fsp3) is 0.294. The minimum atomic E-state index is -4.32. The molecule has 0 aliphatic rings. The molecular weight excluding hydrogens is 275 g/mol. The van der Waals surface area contributed by atoms with Gasteiger partial charge in [0.1, 0.15) is 0 Å². The molecule has 2 N–H and O–H groups in total.